The van der Waals surface area contributed by atoms with Gasteiger partial charge in [-0.2, -0.15) is 0 Å². The first kappa shape index (κ1) is 29.6. The predicted molar refractivity (Wildman–Crippen MR) is 168 cm³/mol. The number of ketones is 1. The van der Waals surface area contributed by atoms with Crippen LogP contribution in [0.1, 0.15) is 80.5 Å². The molecule has 8 nitrogen and oxygen atoms in total. The van der Waals surface area contributed by atoms with E-state index in [1.807, 2.05) is 26.8 Å². The smallest absolute Gasteiger partial charge is 0.251 e. The maximum atomic E-state index is 13.5. The molecular weight excluding hydrogens is 571 g/mol. The molecule has 0 fully saturated rings. The third kappa shape index (κ3) is 5.29. The highest BCUT2D eigenvalue weighted by Gasteiger charge is 2.56. The Balaban J connectivity index is 1.20. The molecule has 1 aromatic heterocycles. The molecule has 226 valence electrons. The fourth-order valence-electron chi connectivity index (χ4n) is 6.01. The lowest BCUT2D eigenvalue weighted by Crippen LogP contribution is -2.44. The zero-order chi connectivity index (χ0) is 31.9. The molecule has 1 aliphatic carbocycles. The molecule has 2 aliphatic rings. The second-order valence-corrected chi connectivity index (χ2v) is 11.5. The molecule has 4 aromatic rings. The van der Waals surface area contributed by atoms with E-state index in [1.54, 1.807) is 54.6 Å². The zero-order valence-electron chi connectivity index (χ0n) is 25.0. The summed E-state index contributed by atoms with van der Waals surface area (Å²) in [7, 11) is 0. The standard InChI is InChI=1S/C36H31FN4O4/c1-20-32(41-31(43)16-15-30(42)24-7-5-4-6-8-24)22(3)38-33(20)27-17-18-36(27)28-19-25(11-14-29(28)40-35(36)45)34(44)39-21(2)23-9-12-26(37)13-10-23/h4-14,19,21,27,38H,15-16H2,1-3H3,(H,39,44)(H,40,45)(H,41,43). The first-order chi connectivity index (χ1) is 21.6. The van der Waals surface area contributed by atoms with Crippen molar-refractivity contribution in [3.63, 3.8) is 0 Å². The molecule has 3 unspecified atom stereocenters. The minimum Gasteiger partial charge on any atom is -0.359 e. The van der Waals surface area contributed by atoms with Crippen LogP contribution in [0.4, 0.5) is 15.8 Å². The summed E-state index contributed by atoms with van der Waals surface area (Å²) in [6.45, 7) is 5.49. The average molecular weight is 603 g/mol. The fourth-order valence-corrected chi connectivity index (χ4v) is 6.01. The number of hydrogen-bond donors (Lipinski definition) is 4. The van der Waals surface area contributed by atoms with Gasteiger partial charge in [-0.25, -0.2) is 4.39 Å². The lowest BCUT2D eigenvalue weighted by Gasteiger charge is -2.34. The molecule has 3 atom stereocenters. The van der Waals surface area contributed by atoms with Gasteiger partial charge >= 0.3 is 0 Å². The number of carbonyl (C=O) groups excluding carboxylic acids is 4. The molecule has 9 heteroatoms. The van der Waals surface area contributed by atoms with Gasteiger partial charge in [0.1, 0.15) is 5.82 Å². The van der Waals surface area contributed by atoms with E-state index in [1.165, 1.54) is 12.1 Å². The van der Waals surface area contributed by atoms with Crippen LogP contribution in [0, 0.1) is 31.5 Å². The fraction of sp³-hybridized carbons (Fsp3) is 0.222. The highest BCUT2D eigenvalue weighted by molar-refractivity contribution is 6.12. The largest absolute Gasteiger partial charge is 0.359 e. The Labute approximate surface area is 259 Å². The number of halogens is 1. The Kier molecular flexibility index (Phi) is 7.59. The molecule has 0 saturated carbocycles. The summed E-state index contributed by atoms with van der Waals surface area (Å²) in [6.07, 6.45) is 0.110. The number of amides is 3. The number of anilines is 2. The summed E-state index contributed by atoms with van der Waals surface area (Å²) in [5.41, 5.74) is 4.41. The highest BCUT2D eigenvalue weighted by atomic mass is 19.1. The van der Waals surface area contributed by atoms with E-state index >= 15 is 0 Å². The van der Waals surface area contributed by atoms with Crippen molar-refractivity contribution in [2.24, 2.45) is 0 Å². The molecule has 1 aliphatic heterocycles. The van der Waals surface area contributed by atoms with Crippen molar-refractivity contribution in [2.45, 2.75) is 51.0 Å². The van der Waals surface area contributed by atoms with E-state index in [9.17, 15) is 23.6 Å². The molecule has 0 bridgehead atoms. The van der Waals surface area contributed by atoms with Gasteiger partial charge in [-0.3, -0.25) is 19.2 Å². The van der Waals surface area contributed by atoms with Gasteiger partial charge in [0, 0.05) is 46.6 Å². The van der Waals surface area contributed by atoms with E-state index in [0.29, 0.717) is 39.5 Å². The maximum Gasteiger partial charge on any atom is 0.251 e. The first-order valence-electron chi connectivity index (χ1n) is 14.7. The molecule has 4 N–H and O–H groups in total. The van der Waals surface area contributed by atoms with Crippen LogP contribution in [0.15, 0.2) is 72.8 Å². The average Bonchev–Trinajstić information content (AvgIpc) is 3.48. The maximum absolute atomic E-state index is 13.5. The second kappa shape index (κ2) is 11.5. The topological polar surface area (TPSA) is 120 Å². The van der Waals surface area contributed by atoms with Crippen LogP contribution in [0.3, 0.4) is 0 Å². The van der Waals surface area contributed by atoms with Gasteiger partial charge in [-0.1, -0.05) is 54.3 Å². The van der Waals surface area contributed by atoms with Gasteiger partial charge in [0.05, 0.1) is 17.6 Å². The Bertz CT molecular complexity index is 1920. The van der Waals surface area contributed by atoms with Gasteiger partial charge in [0.2, 0.25) is 11.8 Å². The van der Waals surface area contributed by atoms with Gasteiger partial charge in [-0.05, 0) is 62.2 Å². The molecule has 45 heavy (non-hydrogen) atoms. The van der Waals surface area contributed by atoms with Crippen molar-refractivity contribution in [2.75, 3.05) is 10.6 Å². The summed E-state index contributed by atoms with van der Waals surface area (Å²) in [5, 5.41) is 8.78. The Morgan fingerprint density at radius 2 is 1.71 bits per heavy atom. The number of fused-ring (bicyclic) bond motifs is 2. The Morgan fingerprint density at radius 1 is 0.978 bits per heavy atom. The van der Waals surface area contributed by atoms with Crippen LogP contribution >= 0.6 is 0 Å². The van der Waals surface area contributed by atoms with Crippen LogP contribution < -0.4 is 16.0 Å². The third-order valence-corrected chi connectivity index (χ3v) is 8.58. The molecule has 6 rings (SSSR count). The summed E-state index contributed by atoms with van der Waals surface area (Å²) in [5.74, 6) is 4.30. The quantitative estimate of drug-likeness (QED) is 0.142. The molecule has 1 spiro atoms. The number of rotatable bonds is 9. The number of hydrogen-bond acceptors (Lipinski definition) is 4. The molecule has 0 radical (unpaired) electrons. The Hall–Kier alpha value is -5.49. The molecule has 0 saturated heterocycles. The summed E-state index contributed by atoms with van der Waals surface area (Å²) >= 11 is 0. The van der Waals surface area contributed by atoms with E-state index in [4.69, 9.17) is 0 Å². The van der Waals surface area contributed by atoms with Gasteiger partial charge in [0.25, 0.3) is 5.91 Å². The van der Waals surface area contributed by atoms with Crippen molar-refractivity contribution in [3.8, 4) is 11.8 Å². The van der Waals surface area contributed by atoms with E-state index < -0.39 is 11.3 Å². The first-order valence-corrected chi connectivity index (χ1v) is 14.7. The number of aryl methyl sites for hydroxylation is 1. The summed E-state index contributed by atoms with van der Waals surface area (Å²) < 4.78 is 13.4. The lowest BCUT2D eigenvalue weighted by molar-refractivity contribution is -0.119. The highest BCUT2D eigenvalue weighted by Crippen LogP contribution is 2.52. The van der Waals surface area contributed by atoms with Crippen molar-refractivity contribution >= 4 is 34.9 Å². The van der Waals surface area contributed by atoms with Crippen LogP contribution in [-0.2, 0) is 15.0 Å². The summed E-state index contributed by atoms with van der Waals surface area (Å²) in [4.78, 5) is 55.3. The number of nitrogens with one attached hydrogen (secondary N) is 4. The minimum atomic E-state index is -1.21. The van der Waals surface area contributed by atoms with E-state index in [-0.39, 0.29) is 48.2 Å². The number of benzene rings is 3. The van der Waals surface area contributed by atoms with Gasteiger partial charge in [0.15, 0.2) is 11.2 Å². The lowest BCUT2D eigenvalue weighted by atomic mass is 9.64. The number of H-pyrrole nitrogens is 1. The number of Topliss-reactive ketones (excluding diaryl/α,β-unsaturated/α-hetero) is 1. The molecule has 2 heterocycles. The zero-order valence-corrected chi connectivity index (χ0v) is 25.0. The predicted octanol–water partition coefficient (Wildman–Crippen LogP) is 5.85. The third-order valence-electron chi connectivity index (χ3n) is 8.58. The Morgan fingerprint density at radius 3 is 2.40 bits per heavy atom. The van der Waals surface area contributed by atoms with Crippen molar-refractivity contribution in [1.29, 1.82) is 0 Å². The van der Waals surface area contributed by atoms with Gasteiger partial charge < -0.3 is 20.9 Å². The van der Waals surface area contributed by atoms with Crippen molar-refractivity contribution in [3.05, 3.63) is 118 Å². The summed E-state index contributed by atoms with van der Waals surface area (Å²) in [6, 6.07) is 19.5. The number of aromatic nitrogens is 1. The van der Waals surface area contributed by atoms with Crippen LogP contribution in [0.25, 0.3) is 0 Å². The molecular formula is C36H31FN4O4. The number of aromatic amines is 1. The minimum absolute atomic E-state index is 0.0285. The van der Waals surface area contributed by atoms with Crippen molar-refractivity contribution < 1.29 is 23.6 Å². The van der Waals surface area contributed by atoms with E-state index in [0.717, 1.165) is 11.1 Å². The molecule has 3 amide bonds. The van der Waals surface area contributed by atoms with Crippen LogP contribution in [0.2, 0.25) is 0 Å². The van der Waals surface area contributed by atoms with Crippen LogP contribution in [-0.4, -0.2) is 28.5 Å². The SMILES string of the molecule is Cc1[nH]c(C2C#CC23C(=O)Nc2ccc(C(=O)NC(C)c4ccc(F)cc4)cc23)c(C)c1NC(=O)CCC(=O)c1ccccc1. The normalized spacial score (nSPS) is 18.2. The monoisotopic (exact) mass is 602 g/mol. The van der Waals surface area contributed by atoms with Crippen molar-refractivity contribution in [1.82, 2.24) is 10.3 Å². The molecule has 3 aromatic carbocycles. The second-order valence-electron chi connectivity index (χ2n) is 11.5. The van der Waals surface area contributed by atoms with Crippen LogP contribution in [0.5, 0.6) is 0 Å². The van der Waals surface area contributed by atoms with Gasteiger partial charge in [-0.15, -0.1) is 0 Å². The number of carbonyl (C=O) groups is 4. The van der Waals surface area contributed by atoms with E-state index in [2.05, 4.69) is 32.8 Å².